The van der Waals surface area contributed by atoms with Crippen LogP contribution in [0.1, 0.15) is 13.8 Å². The number of urea groups is 1. The first-order chi connectivity index (χ1) is 11.0. The van der Waals surface area contributed by atoms with E-state index >= 15 is 0 Å². The Hall–Kier alpha value is -2.55. The predicted molar refractivity (Wildman–Crippen MR) is 86.1 cm³/mol. The van der Waals surface area contributed by atoms with E-state index < -0.39 is 17.3 Å². The Morgan fingerprint density at radius 3 is 2.87 bits per heavy atom. The number of primary amides is 1. The van der Waals surface area contributed by atoms with Crippen LogP contribution in [-0.2, 0) is 9.53 Å². The van der Waals surface area contributed by atoms with E-state index in [1.807, 2.05) is 12.1 Å². The number of carbonyl (C=O) groups excluding carboxylic acids is 2. The van der Waals surface area contributed by atoms with Crippen LogP contribution in [0.25, 0.3) is 11.1 Å². The summed E-state index contributed by atoms with van der Waals surface area (Å²) in [6.45, 7) is 3.50. The van der Waals surface area contributed by atoms with Crippen LogP contribution >= 0.6 is 11.8 Å². The maximum Gasteiger partial charge on any atom is 0.332 e. The van der Waals surface area contributed by atoms with Gasteiger partial charge in [-0.25, -0.2) is 15.2 Å². The van der Waals surface area contributed by atoms with E-state index in [9.17, 15) is 9.59 Å². The highest BCUT2D eigenvalue weighted by molar-refractivity contribution is 8.01. The molecule has 8 nitrogen and oxygen atoms in total. The molecule has 0 aliphatic heterocycles. The van der Waals surface area contributed by atoms with Gasteiger partial charge in [-0.05, 0) is 37.7 Å². The summed E-state index contributed by atoms with van der Waals surface area (Å²) in [5.74, 6) is -0.507. The molecule has 0 bridgehead atoms. The number of rotatable bonds is 6. The van der Waals surface area contributed by atoms with Crippen LogP contribution in [0.5, 0.6) is 0 Å². The average molecular weight is 336 g/mol. The molecule has 2 aromatic rings. The van der Waals surface area contributed by atoms with Crippen LogP contribution in [-0.4, -0.2) is 34.6 Å². The molecular formula is C14H16N4O4S. The maximum absolute atomic E-state index is 12.1. The Morgan fingerprint density at radius 1 is 1.48 bits per heavy atom. The smallest absolute Gasteiger partial charge is 0.332 e. The van der Waals surface area contributed by atoms with Crippen LogP contribution in [0, 0.1) is 0 Å². The van der Waals surface area contributed by atoms with Crippen LogP contribution < -0.4 is 11.2 Å². The Balaban J connectivity index is 2.24. The summed E-state index contributed by atoms with van der Waals surface area (Å²) in [4.78, 5) is 27.2. The van der Waals surface area contributed by atoms with Gasteiger partial charge in [0.1, 0.15) is 5.52 Å². The first-order valence-electron chi connectivity index (χ1n) is 6.79. The number of thioether (sulfide) groups is 1. The van der Waals surface area contributed by atoms with Gasteiger partial charge in [-0.1, -0.05) is 12.1 Å². The third kappa shape index (κ3) is 4.46. The summed E-state index contributed by atoms with van der Waals surface area (Å²) >= 11 is 1.05. The van der Waals surface area contributed by atoms with Crippen LogP contribution in [0.2, 0.25) is 0 Å². The van der Waals surface area contributed by atoms with E-state index in [2.05, 4.69) is 15.5 Å². The summed E-state index contributed by atoms with van der Waals surface area (Å²) in [5, 5.41) is 3.27. The van der Waals surface area contributed by atoms with E-state index in [0.29, 0.717) is 22.0 Å². The SMILES string of the molecule is CCOC(=O)C(Sc1nc2ccccc2o1)/C(C)=N/NC(N)=O. The molecule has 3 N–H and O–H groups in total. The molecule has 1 aromatic heterocycles. The zero-order chi connectivity index (χ0) is 16.8. The standard InChI is InChI=1S/C14H16N4O4S/c1-3-21-12(19)11(8(2)17-18-13(15)20)23-14-16-9-6-4-5-7-10(9)22-14/h4-7,11H,3H2,1-2H3,(H3,15,18,20)/b17-8+. The number of para-hydroxylation sites is 2. The fourth-order valence-corrected chi connectivity index (χ4v) is 2.60. The lowest BCUT2D eigenvalue weighted by Gasteiger charge is -2.12. The van der Waals surface area contributed by atoms with E-state index in [-0.39, 0.29) is 6.61 Å². The molecule has 0 saturated heterocycles. The van der Waals surface area contributed by atoms with E-state index in [4.69, 9.17) is 14.9 Å². The highest BCUT2D eigenvalue weighted by Crippen LogP contribution is 2.28. The Kier molecular flexibility index (Phi) is 5.58. The monoisotopic (exact) mass is 336 g/mol. The van der Waals surface area contributed by atoms with Gasteiger partial charge in [-0.15, -0.1) is 0 Å². The highest BCUT2D eigenvalue weighted by Gasteiger charge is 2.27. The van der Waals surface area contributed by atoms with Crippen molar-refractivity contribution in [2.24, 2.45) is 10.8 Å². The average Bonchev–Trinajstić information content (AvgIpc) is 2.93. The number of benzene rings is 1. The molecule has 0 fully saturated rings. The third-order valence-corrected chi connectivity index (χ3v) is 3.86. The Morgan fingerprint density at radius 2 is 2.22 bits per heavy atom. The first-order valence-corrected chi connectivity index (χ1v) is 7.67. The fraction of sp³-hybridized carbons (Fsp3) is 0.286. The van der Waals surface area contributed by atoms with Crippen molar-refractivity contribution in [1.82, 2.24) is 10.4 Å². The molecule has 122 valence electrons. The second kappa shape index (κ2) is 7.63. The number of nitrogens with zero attached hydrogens (tertiary/aromatic N) is 2. The van der Waals surface area contributed by atoms with Gasteiger partial charge in [-0.2, -0.15) is 5.10 Å². The molecule has 0 aliphatic rings. The van der Waals surface area contributed by atoms with Gasteiger partial charge < -0.3 is 14.9 Å². The van der Waals surface area contributed by atoms with Gasteiger partial charge in [0.15, 0.2) is 10.8 Å². The number of nitrogens with two attached hydrogens (primary N) is 1. The minimum Gasteiger partial charge on any atom is -0.465 e. The number of carbonyl (C=O) groups is 2. The van der Waals surface area contributed by atoms with E-state index in [1.54, 1.807) is 26.0 Å². The lowest BCUT2D eigenvalue weighted by molar-refractivity contribution is -0.141. The number of oxazole rings is 1. The van der Waals surface area contributed by atoms with Crippen molar-refractivity contribution in [3.63, 3.8) is 0 Å². The lowest BCUT2D eigenvalue weighted by atomic mass is 10.3. The summed E-state index contributed by atoms with van der Waals surface area (Å²) < 4.78 is 10.6. The Bertz CT molecular complexity index is 710. The molecule has 0 aliphatic carbocycles. The van der Waals surface area contributed by atoms with Crippen molar-refractivity contribution in [2.45, 2.75) is 24.3 Å². The molecule has 1 heterocycles. The van der Waals surface area contributed by atoms with Gasteiger partial charge in [-0.3, -0.25) is 4.79 Å². The van der Waals surface area contributed by atoms with Crippen LogP contribution in [0.3, 0.4) is 0 Å². The van der Waals surface area contributed by atoms with Crippen molar-refractivity contribution in [2.75, 3.05) is 6.61 Å². The number of nitrogens with one attached hydrogen (secondary N) is 1. The molecular weight excluding hydrogens is 320 g/mol. The van der Waals surface area contributed by atoms with Gasteiger partial charge in [0, 0.05) is 0 Å². The van der Waals surface area contributed by atoms with Gasteiger partial charge in [0.05, 0.1) is 12.3 Å². The number of aromatic nitrogens is 1. The quantitative estimate of drug-likeness (QED) is 0.360. The van der Waals surface area contributed by atoms with Gasteiger partial charge in [0.2, 0.25) is 0 Å². The summed E-state index contributed by atoms with van der Waals surface area (Å²) in [6, 6.07) is 6.43. The summed E-state index contributed by atoms with van der Waals surface area (Å²) in [6.07, 6.45) is 0. The normalized spacial score (nSPS) is 12.9. The zero-order valence-electron chi connectivity index (χ0n) is 12.6. The molecule has 1 unspecified atom stereocenters. The molecule has 0 spiro atoms. The number of esters is 1. The largest absolute Gasteiger partial charge is 0.465 e. The third-order valence-electron chi connectivity index (χ3n) is 2.72. The predicted octanol–water partition coefficient (Wildman–Crippen LogP) is 1.90. The Labute approximate surface area is 136 Å². The van der Waals surface area contributed by atoms with Gasteiger partial charge in [0.25, 0.3) is 5.22 Å². The lowest BCUT2D eigenvalue weighted by Crippen LogP contribution is -2.31. The van der Waals surface area contributed by atoms with Crippen molar-refractivity contribution in [3.8, 4) is 0 Å². The fourth-order valence-electron chi connectivity index (χ4n) is 1.73. The maximum atomic E-state index is 12.1. The van der Waals surface area contributed by atoms with Crippen molar-refractivity contribution >= 4 is 40.6 Å². The summed E-state index contributed by atoms with van der Waals surface area (Å²) in [7, 11) is 0. The van der Waals surface area contributed by atoms with E-state index in [1.165, 1.54) is 0 Å². The van der Waals surface area contributed by atoms with E-state index in [0.717, 1.165) is 11.8 Å². The highest BCUT2D eigenvalue weighted by atomic mass is 32.2. The molecule has 0 radical (unpaired) electrons. The molecule has 0 saturated carbocycles. The number of amides is 2. The van der Waals surface area contributed by atoms with Crippen molar-refractivity contribution in [1.29, 1.82) is 0 Å². The van der Waals surface area contributed by atoms with Crippen LogP contribution in [0.15, 0.2) is 39.0 Å². The number of fused-ring (bicyclic) bond motifs is 1. The number of hydrazone groups is 1. The molecule has 2 rings (SSSR count). The minimum atomic E-state index is -0.821. The molecule has 9 heteroatoms. The van der Waals surface area contributed by atoms with Crippen molar-refractivity contribution < 1.29 is 18.7 Å². The molecule has 1 aromatic carbocycles. The first kappa shape index (κ1) is 16.8. The number of ether oxygens (including phenoxy) is 1. The van der Waals surface area contributed by atoms with Crippen LogP contribution in [0.4, 0.5) is 4.79 Å². The second-order valence-electron chi connectivity index (χ2n) is 4.43. The zero-order valence-corrected chi connectivity index (χ0v) is 13.4. The summed E-state index contributed by atoms with van der Waals surface area (Å²) in [5.41, 5.74) is 8.67. The molecule has 23 heavy (non-hydrogen) atoms. The molecule has 2 amide bonds. The number of hydrogen-bond acceptors (Lipinski definition) is 7. The molecule has 1 atom stereocenters. The number of hydrogen-bond donors (Lipinski definition) is 2. The van der Waals surface area contributed by atoms with Gasteiger partial charge >= 0.3 is 12.0 Å². The van der Waals surface area contributed by atoms with Crippen molar-refractivity contribution in [3.05, 3.63) is 24.3 Å². The second-order valence-corrected chi connectivity index (χ2v) is 5.48. The topological polar surface area (TPSA) is 120 Å². The minimum absolute atomic E-state index is 0.222.